The highest BCUT2D eigenvalue weighted by Crippen LogP contribution is 2.34. The smallest absolute Gasteiger partial charge is 0.294 e. The first-order valence-electron chi connectivity index (χ1n) is 9.36. The number of benzene rings is 2. The summed E-state index contributed by atoms with van der Waals surface area (Å²) in [5.41, 5.74) is 0.813. The number of aliphatic hydroxyl groups is 1. The van der Waals surface area contributed by atoms with Crippen LogP contribution in [0.15, 0.2) is 61.5 Å². The van der Waals surface area contributed by atoms with Gasteiger partial charge < -0.3 is 9.84 Å². The summed E-state index contributed by atoms with van der Waals surface area (Å²) in [6.45, 7) is 1.03. The Morgan fingerprint density at radius 1 is 1.15 bits per heavy atom. The van der Waals surface area contributed by atoms with Crippen LogP contribution in [0.4, 0.5) is 11.4 Å². The van der Waals surface area contributed by atoms with Crippen LogP contribution < -0.4 is 9.75 Å². The summed E-state index contributed by atoms with van der Waals surface area (Å²) in [4.78, 5) is 12.3. The number of sulfone groups is 1. The number of rotatable bonds is 8. The van der Waals surface area contributed by atoms with Crippen molar-refractivity contribution >= 4 is 43.5 Å². The second-order valence-corrected chi connectivity index (χ2v) is 10.4. The van der Waals surface area contributed by atoms with E-state index in [-0.39, 0.29) is 26.9 Å². The Labute approximate surface area is 189 Å². The molecule has 0 bridgehead atoms. The maximum Gasteiger partial charge on any atom is 0.294 e. The highest BCUT2D eigenvalue weighted by Gasteiger charge is 2.30. The molecule has 1 atom stereocenters. The van der Waals surface area contributed by atoms with E-state index < -0.39 is 44.3 Å². The standard InChI is InChI=1S/C19H20N4O8S2/c1-12-9-15(17(31-2)10-18(12)32(26,27)8-7-24)21-22-16-11-20-23(19(16)25)13-3-5-14(6-4-13)33(28,29)30/h3-6,9-11,16,24H,7-8H2,1-2H3,(H,28,29,30). The van der Waals surface area contributed by atoms with Crippen molar-refractivity contribution in [2.75, 3.05) is 24.5 Å². The molecule has 0 saturated carbocycles. The highest BCUT2D eigenvalue weighted by molar-refractivity contribution is 7.91. The summed E-state index contributed by atoms with van der Waals surface area (Å²) in [5, 5.41) is 21.9. The molecular weight excluding hydrogens is 476 g/mol. The summed E-state index contributed by atoms with van der Waals surface area (Å²) in [6, 6.07) is 6.50. The minimum absolute atomic E-state index is 0.00892. The zero-order valence-electron chi connectivity index (χ0n) is 17.5. The van der Waals surface area contributed by atoms with Gasteiger partial charge >= 0.3 is 0 Å². The summed E-state index contributed by atoms with van der Waals surface area (Å²) in [7, 11) is -6.76. The quantitative estimate of drug-likeness (QED) is 0.408. The van der Waals surface area contributed by atoms with Crippen LogP contribution in [0.5, 0.6) is 5.75 Å². The fraction of sp³-hybridized carbons (Fsp3) is 0.263. The molecule has 3 rings (SSSR count). The highest BCUT2D eigenvalue weighted by atomic mass is 32.2. The molecule has 176 valence electrons. The number of ether oxygens (including phenoxy) is 1. The summed E-state index contributed by atoms with van der Waals surface area (Å²) in [5.74, 6) is -0.886. The number of hydrazone groups is 1. The molecule has 33 heavy (non-hydrogen) atoms. The number of aliphatic hydroxyl groups excluding tert-OH is 1. The second-order valence-electron chi connectivity index (χ2n) is 6.88. The molecule has 1 heterocycles. The molecule has 1 amide bonds. The predicted octanol–water partition coefficient (Wildman–Crippen LogP) is 1.50. The minimum Gasteiger partial charge on any atom is -0.494 e. The topological polar surface area (TPSA) is 175 Å². The normalized spacial score (nSPS) is 16.7. The first kappa shape index (κ1) is 24.4. The molecular formula is C19H20N4O8S2. The fourth-order valence-electron chi connectivity index (χ4n) is 2.99. The van der Waals surface area contributed by atoms with Crippen LogP contribution in [0, 0.1) is 6.92 Å². The number of methoxy groups -OCH3 is 1. The molecule has 2 N–H and O–H groups in total. The van der Waals surface area contributed by atoms with Crippen LogP contribution >= 0.6 is 0 Å². The van der Waals surface area contributed by atoms with Crippen molar-refractivity contribution in [3.8, 4) is 5.75 Å². The average molecular weight is 497 g/mol. The van der Waals surface area contributed by atoms with Crippen molar-refractivity contribution in [1.29, 1.82) is 0 Å². The largest absolute Gasteiger partial charge is 0.494 e. The number of aryl methyl sites for hydroxylation is 1. The Morgan fingerprint density at radius 2 is 1.82 bits per heavy atom. The third-order valence-corrected chi connectivity index (χ3v) is 7.32. The van der Waals surface area contributed by atoms with Gasteiger partial charge in [0.05, 0.1) is 41.2 Å². The van der Waals surface area contributed by atoms with Crippen LogP contribution in [-0.4, -0.2) is 64.1 Å². The first-order valence-corrected chi connectivity index (χ1v) is 12.5. The molecule has 2 aromatic rings. The number of nitrogens with zero attached hydrogens (tertiary/aromatic N) is 4. The van der Waals surface area contributed by atoms with Crippen molar-refractivity contribution in [3.63, 3.8) is 0 Å². The number of hydrogen-bond acceptors (Lipinski definition) is 10. The monoisotopic (exact) mass is 496 g/mol. The molecule has 2 aromatic carbocycles. The van der Waals surface area contributed by atoms with Gasteiger partial charge in [0.25, 0.3) is 16.0 Å². The van der Waals surface area contributed by atoms with Gasteiger partial charge in [0.2, 0.25) is 0 Å². The Morgan fingerprint density at radius 3 is 2.39 bits per heavy atom. The van der Waals surface area contributed by atoms with E-state index in [4.69, 9.17) is 14.4 Å². The van der Waals surface area contributed by atoms with Gasteiger partial charge in [-0.2, -0.15) is 28.8 Å². The number of hydrogen-bond donors (Lipinski definition) is 2. The Kier molecular flexibility index (Phi) is 6.92. The Bertz CT molecular complexity index is 1340. The molecule has 1 aliphatic heterocycles. The van der Waals surface area contributed by atoms with Crippen LogP contribution in [0.3, 0.4) is 0 Å². The number of carbonyl (C=O) groups excluding carboxylic acids is 1. The van der Waals surface area contributed by atoms with Crippen LogP contribution in [0.2, 0.25) is 0 Å². The van der Waals surface area contributed by atoms with Gasteiger partial charge in [0.15, 0.2) is 15.9 Å². The maximum atomic E-state index is 12.6. The number of amides is 1. The van der Waals surface area contributed by atoms with E-state index in [0.717, 1.165) is 17.1 Å². The fourth-order valence-corrected chi connectivity index (χ4v) is 4.77. The molecule has 14 heteroatoms. The Hall–Kier alpha value is -3.20. The molecule has 1 aliphatic rings. The zero-order valence-corrected chi connectivity index (χ0v) is 19.1. The third-order valence-electron chi connectivity index (χ3n) is 4.63. The van der Waals surface area contributed by atoms with Gasteiger partial charge in [0.1, 0.15) is 11.4 Å². The lowest BCUT2D eigenvalue weighted by atomic mass is 10.2. The van der Waals surface area contributed by atoms with E-state index in [1.807, 2.05) is 0 Å². The molecule has 0 fully saturated rings. The van der Waals surface area contributed by atoms with Crippen molar-refractivity contribution in [2.45, 2.75) is 22.8 Å². The summed E-state index contributed by atoms with van der Waals surface area (Å²) < 4.78 is 61.2. The van der Waals surface area contributed by atoms with Gasteiger partial charge in [-0.15, -0.1) is 0 Å². The van der Waals surface area contributed by atoms with Crippen LogP contribution in [-0.2, 0) is 24.7 Å². The van der Waals surface area contributed by atoms with E-state index >= 15 is 0 Å². The van der Waals surface area contributed by atoms with Crippen LogP contribution in [0.1, 0.15) is 5.56 Å². The molecule has 0 spiro atoms. The number of anilines is 1. The van der Waals surface area contributed by atoms with E-state index in [2.05, 4.69) is 15.3 Å². The van der Waals surface area contributed by atoms with Crippen molar-refractivity contribution in [3.05, 3.63) is 42.0 Å². The van der Waals surface area contributed by atoms with Gasteiger partial charge in [-0.25, -0.2) is 8.42 Å². The lowest BCUT2D eigenvalue weighted by molar-refractivity contribution is -0.117. The molecule has 0 aromatic heterocycles. The summed E-state index contributed by atoms with van der Waals surface area (Å²) in [6.07, 6.45) is 1.24. The SMILES string of the molecule is COc1cc(S(=O)(=O)CCO)c(C)cc1N=NC1C=NN(c2ccc(S(=O)(=O)O)cc2)C1=O. The minimum atomic E-state index is -4.37. The zero-order chi connectivity index (χ0) is 24.4. The van der Waals surface area contributed by atoms with E-state index in [1.165, 1.54) is 37.6 Å². The third kappa shape index (κ3) is 5.24. The molecule has 12 nitrogen and oxygen atoms in total. The first-order chi connectivity index (χ1) is 15.5. The Balaban J connectivity index is 1.82. The van der Waals surface area contributed by atoms with Gasteiger partial charge in [0, 0.05) is 6.07 Å². The van der Waals surface area contributed by atoms with Crippen molar-refractivity contribution < 1.29 is 36.0 Å². The lowest BCUT2D eigenvalue weighted by Gasteiger charge is -2.13. The lowest BCUT2D eigenvalue weighted by Crippen LogP contribution is -2.28. The van der Waals surface area contributed by atoms with Gasteiger partial charge in [-0.1, -0.05) is 0 Å². The second kappa shape index (κ2) is 9.35. The average Bonchev–Trinajstić information content (AvgIpc) is 3.11. The van der Waals surface area contributed by atoms with E-state index in [9.17, 15) is 21.6 Å². The molecule has 1 unspecified atom stereocenters. The molecule has 0 radical (unpaired) electrons. The molecule has 0 saturated heterocycles. The van der Waals surface area contributed by atoms with Crippen molar-refractivity contribution in [1.82, 2.24) is 0 Å². The van der Waals surface area contributed by atoms with E-state index in [1.54, 1.807) is 6.92 Å². The maximum absolute atomic E-state index is 12.6. The predicted molar refractivity (Wildman–Crippen MR) is 117 cm³/mol. The number of azo groups is 1. The van der Waals surface area contributed by atoms with E-state index in [0.29, 0.717) is 5.56 Å². The van der Waals surface area contributed by atoms with Crippen molar-refractivity contribution in [2.24, 2.45) is 15.3 Å². The van der Waals surface area contributed by atoms with Gasteiger partial charge in [-0.3, -0.25) is 9.35 Å². The van der Waals surface area contributed by atoms with Crippen LogP contribution in [0.25, 0.3) is 0 Å². The summed E-state index contributed by atoms with van der Waals surface area (Å²) >= 11 is 0. The molecule has 0 aliphatic carbocycles. The number of carbonyl (C=O) groups is 1. The van der Waals surface area contributed by atoms with Gasteiger partial charge in [-0.05, 0) is 42.8 Å².